The second-order valence-electron chi connectivity index (χ2n) is 5.16. The van der Waals surface area contributed by atoms with Gasteiger partial charge in [-0.1, -0.05) is 12.1 Å². The maximum Gasteiger partial charge on any atom is 0.164 e. The summed E-state index contributed by atoms with van der Waals surface area (Å²) in [5, 5.41) is 0. The molecule has 1 aliphatic carbocycles. The lowest BCUT2D eigenvalue weighted by Gasteiger charge is -2.08. The predicted molar refractivity (Wildman–Crippen MR) is 85.6 cm³/mol. The van der Waals surface area contributed by atoms with Crippen molar-refractivity contribution in [2.75, 3.05) is 6.26 Å². The zero-order valence-electron chi connectivity index (χ0n) is 12.0. The van der Waals surface area contributed by atoms with Gasteiger partial charge in [-0.25, -0.2) is 8.78 Å². The number of hydrogen-bond donors (Lipinski definition) is 0. The fourth-order valence-electron chi connectivity index (χ4n) is 2.77. The van der Waals surface area contributed by atoms with Crippen molar-refractivity contribution in [1.82, 2.24) is 0 Å². The predicted octanol–water partition coefficient (Wildman–Crippen LogP) is 4.96. The number of carbonyl (C=O) groups excluding carboxylic acids is 1. The lowest BCUT2D eigenvalue weighted by atomic mass is 9.96. The van der Waals surface area contributed by atoms with Gasteiger partial charge < -0.3 is 0 Å². The fraction of sp³-hybridized carbons (Fsp3) is 0.167. The molecule has 22 heavy (non-hydrogen) atoms. The summed E-state index contributed by atoms with van der Waals surface area (Å²) in [5.41, 5.74) is 2.56. The van der Waals surface area contributed by atoms with E-state index in [1.165, 1.54) is 12.1 Å². The standard InChI is InChI=1S/C18H14F2OS/c1-22-15-4-2-11(3-5-15)16-6-7-17(21)18(16)12-8-13(19)10-14(20)9-12/h2-5,8-10H,6-7H2,1H3. The Kier molecular flexibility index (Phi) is 4.12. The van der Waals surface area contributed by atoms with Gasteiger partial charge in [0.1, 0.15) is 11.6 Å². The molecule has 0 amide bonds. The summed E-state index contributed by atoms with van der Waals surface area (Å²) in [6, 6.07) is 11.1. The molecule has 0 saturated heterocycles. The van der Waals surface area contributed by atoms with Crippen LogP contribution in [-0.4, -0.2) is 12.0 Å². The molecule has 0 atom stereocenters. The molecule has 0 bridgehead atoms. The molecule has 3 rings (SSSR count). The van der Waals surface area contributed by atoms with E-state index in [0.717, 1.165) is 22.1 Å². The SMILES string of the molecule is CSc1ccc(C2=C(c3cc(F)cc(F)c3)C(=O)CC2)cc1. The van der Waals surface area contributed by atoms with Crippen LogP contribution >= 0.6 is 11.8 Å². The van der Waals surface area contributed by atoms with Crippen LogP contribution in [0.5, 0.6) is 0 Å². The average molecular weight is 316 g/mol. The summed E-state index contributed by atoms with van der Waals surface area (Å²) in [6.07, 6.45) is 2.98. The van der Waals surface area contributed by atoms with Crippen LogP contribution in [0.4, 0.5) is 8.78 Å². The number of rotatable bonds is 3. The molecular formula is C18H14F2OS. The normalized spacial score (nSPS) is 14.8. The van der Waals surface area contributed by atoms with Crippen molar-refractivity contribution in [2.45, 2.75) is 17.7 Å². The molecule has 0 aliphatic heterocycles. The maximum absolute atomic E-state index is 13.5. The van der Waals surface area contributed by atoms with E-state index in [2.05, 4.69) is 0 Å². The van der Waals surface area contributed by atoms with Gasteiger partial charge in [0.2, 0.25) is 0 Å². The van der Waals surface area contributed by atoms with Crippen LogP contribution in [0.3, 0.4) is 0 Å². The molecule has 0 aromatic heterocycles. The second kappa shape index (κ2) is 6.05. The Morgan fingerprint density at radius 2 is 1.55 bits per heavy atom. The topological polar surface area (TPSA) is 17.1 Å². The van der Waals surface area contributed by atoms with E-state index in [1.807, 2.05) is 30.5 Å². The van der Waals surface area contributed by atoms with Gasteiger partial charge in [0.25, 0.3) is 0 Å². The number of hydrogen-bond acceptors (Lipinski definition) is 2. The van der Waals surface area contributed by atoms with Crippen LogP contribution in [0.2, 0.25) is 0 Å². The number of halogens is 2. The first kappa shape index (κ1) is 15.0. The summed E-state index contributed by atoms with van der Waals surface area (Å²) >= 11 is 1.64. The van der Waals surface area contributed by atoms with Crippen molar-refractivity contribution >= 4 is 28.7 Å². The van der Waals surface area contributed by atoms with Gasteiger partial charge >= 0.3 is 0 Å². The maximum atomic E-state index is 13.5. The Balaban J connectivity index is 2.12. The third-order valence-corrected chi connectivity index (χ3v) is 4.52. The molecule has 2 aromatic carbocycles. The van der Waals surface area contributed by atoms with Crippen molar-refractivity contribution in [3.8, 4) is 0 Å². The summed E-state index contributed by atoms with van der Waals surface area (Å²) < 4.78 is 26.9. The number of allylic oxidation sites excluding steroid dienone is 2. The van der Waals surface area contributed by atoms with Gasteiger partial charge in [-0.05, 0) is 53.6 Å². The molecule has 0 N–H and O–H groups in total. The summed E-state index contributed by atoms with van der Waals surface area (Å²) in [5.74, 6) is -1.40. The van der Waals surface area contributed by atoms with E-state index in [0.29, 0.717) is 24.0 Å². The summed E-state index contributed by atoms with van der Waals surface area (Å²) in [6.45, 7) is 0. The molecule has 0 saturated carbocycles. The highest BCUT2D eigenvalue weighted by Gasteiger charge is 2.26. The molecule has 0 heterocycles. The Morgan fingerprint density at radius 1 is 0.909 bits per heavy atom. The van der Waals surface area contributed by atoms with Gasteiger partial charge in [0.05, 0.1) is 0 Å². The lowest BCUT2D eigenvalue weighted by Crippen LogP contribution is -1.98. The quantitative estimate of drug-likeness (QED) is 0.744. The van der Waals surface area contributed by atoms with Crippen molar-refractivity contribution in [3.63, 3.8) is 0 Å². The van der Waals surface area contributed by atoms with E-state index in [-0.39, 0.29) is 5.78 Å². The molecule has 1 aliphatic rings. The van der Waals surface area contributed by atoms with E-state index in [9.17, 15) is 13.6 Å². The first-order valence-corrected chi connectivity index (χ1v) is 8.18. The minimum Gasteiger partial charge on any atom is -0.294 e. The van der Waals surface area contributed by atoms with Crippen LogP contribution in [-0.2, 0) is 4.79 Å². The number of ketones is 1. The minimum absolute atomic E-state index is 0.0612. The van der Waals surface area contributed by atoms with E-state index in [1.54, 1.807) is 11.8 Å². The Bertz CT molecular complexity index is 743. The van der Waals surface area contributed by atoms with Crippen LogP contribution in [0, 0.1) is 11.6 Å². The molecule has 4 heteroatoms. The van der Waals surface area contributed by atoms with E-state index >= 15 is 0 Å². The van der Waals surface area contributed by atoms with Crippen LogP contribution in [0.25, 0.3) is 11.1 Å². The van der Waals surface area contributed by atoms with E-state index in [4.69, 9.17) is 0 Å². The van der Waals surface area contributed by atoms with Gasteiger partial charge in [-0.2, -0.15) is 0 Å². The molecule has 0 fully saturated rings. The highest BCUT2D eigenvalue weighted by Crippen LogP contribution is 2.38. The average Bonchev–Trinajstić information content (AvgIpc) is 2.88. The molecule has 2 aromatic rings. The van der Waals surface area contributed by atoms with Gasteiger partial charge in [0.15, 0.2) is 5.78 Å². The third-order valence-electron chi connectivity index (χ3n) is 3.77. The minimum atomic E-state index is -0.667. The summed E-state index contributed by atoms with van der Waals surface area (Å²) in [7, 11) is 0. The number of thioether (sulfide) groups is 1. The van der Waals surface area contributed by atoms with Gasteiger partial charge in [0, 0.05) is 23.0 Å². The zero-order chi connectivity index (χ0) is 15.7. The Morgan fingerprint density at radius 3 is 2.14 bits per heavy atom. The number of carbonyl (C=O) groups is 1. The van der Waals surface area contributed by atoms with Gasteiger partial charge in [-0.15, -0.1) is 11.8 Å². The monoisotopic (exact) mass is 316 g/mol. The molecule has 0 unspecified atom stereocenters. The molecule has 0 radical (unpaired) electrons. The smallest absolute Gasteiger partial charge is 0.164 e. The highest BCUT2D eigenvalue weighted by molar-refractivity contribution is 7.98. The molecular weight excluding hydrogens is 302 g/mol. The first-order chi connectivity index (χ1) is 10.6. The van der Waals surface area contributed by atoms with Crippen molar-refractivity contribution in [3.05, 3.63) is 65.2 Å². The highest BCUT2D eigenvalue weighted by atomic mass is 32.2. The fourth-order valence-corrected chi connectivity index (χ4v) is 3.18. The third kappa shape index (κ3) is 2.83. The number of Topliss-reactive ketones (excluding diaryl/α,β-unsaturated/α-hetero) is 1. The molecule has 112 valence electrons. The molecule has 0 spiro atoms. The van der Waals surface area contributed by atoms with Gasteiger partial charge in [-0.3, -0.25) is 4.79 Å². The van der Waals surface area contributed by atoms with Crippen molar-refractivity contribution < 1.29 is 13.6 Å². The van der Waals surface area contributed by atoms with Crippen LogP contribution < -0.4 is 0 Å². The summed E-state index contributed by atoms with van der Waals surface area (Å²) in [4.78, 5) is 13.3. The number of benzene rings is 2. The second-order valence-corrected chi connectivity index (χ2v) is 6.04. The van der Waals surface area contributed by atoms with Crippen LogP contribution in [0.15, 0.2) is 47.4 Å². The first-order valence-electron chi connectivity index (χ1n) is 6.95. The Labute approximate surface area is 132 Å². The van der Waals surface area contributed by atoms with Crippen molar-refractivity contribution in [2.24, 2.45) is 0 Å². The van der Waals surface area contributed by atoms with Crippen LogP contribution in [0.1, 0.15) is 24.0 Å². The zero-order valence-corrected chi connectivity index (χ0v) is 12.8. The Hall–Kier alpha value is -1.94. The van der Waals surface area contributed by atoms with Crippen molar-refractivity contribution in [1.29, 1.82) is 0 Å². The largest absolute Gasteiger partial charge is 0.294 e. The lowest BCUT2D eigenvalue weighted by molar-refractivity contribution is -0.113. The molecule has 1 nitrogen and oxygen atoms in total. The van der Waals surface area contributed by atoms with E-state index < -0.39 is 11.6 Å².